The van der Waals surface area contributed by atoms with E-state index < -0.39 is 5.60 Å². The lowest BCUT2D eigenvalue weighted by Crippen LogP contribution is -2.48. The van der Waals surface area contributed by atoms with Crippen molar-refractivity contribution in [2.24, 2.45) is 0 Å². The summed E-state index contributed by atoms with van der Waals surface area (Å²) in [5, 5.41) is 6.38. The van der Waals surface area contributed by atoms with Gasteiger partial charge in [0.2, 0.25) is 0 Å². The van der Waals surface area contributed by atoms with Crippen molar-refractivity contribution >= 4 is 22.0 Å². The lowest BCUT2D eigenvalue weighted by atomic mass is 9.76. The third-order valence-electron chi connectivity index (χ3n) is 3.96. The lowest BCUT2D eigenvalue weighted by Gasteiger charge is -2.37. The average Bonchev–Trinajstić information content (AvgIpc) is 2.36. The van der Waals surface area contributed by atoms with Crippen LogP contribution in [0.5, 0.6) is 0 Å². The minimum absolute atomic E-state index is 0.0524. The second-order valence-electron chi connectivity index (χ2n) is 7.37. The number of benzene rings is 1. The minimum Gasteiger partial charge on any atom is -0.444 e. The molecule has 0 heterocycles. The second-order valence-corrected chi connectivity index (χ2v) is 8.29. The van der Waals surface area contributed by atoms with Gasteiger partial charge in [0.15, 0.2) is 0 Å². The van der Waals surface area contributed by atoms with Gasteiger partial charge in [0.1, 0.15) is 5.60 Å². The Morgan fingerprint density at radius 3 is 2.48 bits per heavy atom. The van der Waals surface area contributed by atoms with Gasteiger partial charge in [-0.25, -0.2) is 4.79 Å². The molecule has 0 spiro atoms. The largest absolute Gasteiger partial charge is 0.444 e. The molecule has 1 unspecified atom stereocenters. The molecule has 1 amide bonds. The van der Waals surface area contributed by atoms with E-state index in [-0.39, 0.29) is 12.1 Å². The number of amides is 1. The van der Waals surface area contributed by atoms with Crippen molar-refractivity contribution in [1.82, 2.24) is 10.6 Å². The molecule has 1 saturated carbocycles. The SMILES string of the molecule is CC(CNC1CC(c2ccc(Br)cc2)C1)NC(=O)OC(C)(C)C. The Hall–Kier alpha value is -1.07. The predicted octanol–water partition coefficient (Wildman–Crippen LogP) is 4.20. The van der Waals surface area contributed by atoms with Gasteiger partial charge in [-0.05, 0) is 64.2 Å². The number of hydrogen-bond donors (Lipinski definition) is 2. The van der Waals surface area contributed by atoms with Gasteiger partial charge >= 0.3 is 6.09 Å². The van der Waals surface area contributed by atoms with Crippen molar-refractivity contribution in [2.75, 3.05) is 6.54 Å². The highest BCUT2D eigenvalue weighted by Gasteiger charge is 2.30. The molecule has 2 rings (SSSR count). The summed E-state index contributed by atoms with van der Waals surface area (Å²) in [4.78, 5) is 11.7. The first kappa shape index (κ1) is 18.3. The van der Waals surface area contributed by atoms with Crippen molar-refractivity contribution in [2.45, 2.75) is 64.1 Å². The molecule has 0 bridgehead atoms. The van der Waals surface area contributed by atoms with Gasteiger partial charge in [0, 0.05) is 23.1 Å². The molecule has 1 aromatic rings. The summed E-state index contributed by atoms with van der Waals surface area (Å²) >= 11 is 3.47. The van der Waals surface area contributed by atoms with Gasteiger partial charge in [0.25, 0.3) is 0 Å². The maximum absolute atomic E-state index is 11.7. The number of nitrogens with one attached hydrogen (secondary N) is 2. The fourth-order valence-electron chi connectivity index (χ4n) is 2.69. The molecule has 128 valence electrons. The van der Waals surface area contributed by atoms with Crippen LogP contribution < -0.4 is 10.6 Å². The Balaban J connectivity index is 1.64. The van der Waals surface area contributed by atoms with E-state index in [0.29, 0.717) is 12.0 Å². The zero-order valence-corrected chi connectivity index (χ0v) is 15.9. The van der Waals surface area contributed by atoms with Crippen molar-refractivity contribution in [3.8, 4) is 0 Å². The third-order valence-corrected chi connectivity index (χ3v) is 4.48. The zero-order valence-electron chi connectivity index (χ0n) is 14.4. The Kier molecular flexibility index (Phi) is 6.09. The van der Waals surface area contributed by atoms with E-state index in [1.807, 2.05) is 27.7 Å². The number of rotatable bonds is 5. The summed E-state index contributed by atoms with van der Waals surface area (Å²) in [6.45, 7) is 8.35. The van der Waals surface area contributed by atoms with Crippen LogP contribution in [0.1, 0.15) is 52.0 Å². The number of carbonyl (C=O) groups excluding carboxylic acids is 1. The van der Waals surface area contributed by atoms with Crippen LogP contribution in [0.4, 0.5) is 4.79 Å². The molecule has 1 aliphatic carbocycles. The number of halogens is 1. The van der Waals surface area contributed by atoms with E-state index >= 15 is 0 Å². The maximum Gasteiger partial charge on any atom is 0.407 e. The van der Waals surface area contributed by atoms with Gasteiger partial charge in [-0.2, -0.15) is 0 Å². The topological polar surface area (TPSA) is 50.4 Å². The number of ether oxygens (including phenoxy) is 1. The maximum atomic E-state index is 11.7. The van der Waals surface area contributed by atoms with E-state index in [9.17, 15) is 4.79 Å². The molecular weight excluding hydrogens is 356 g/mol. The molecule has 5 heteroatoms. The molecule has 4 nitrogen and oxygen atoms in total. The standard InChI is InChI=1S/C18H27BrN2O2/c1-12(21-17(22)23-18(2,3)4)11-20-16-9-14(10-16)13-5-7-15(19)8-6-13/h5-8,12,14,16,20H,9-11H2,1-4H3,(H,21,22). The number of hydrogen-bond acceptors (Lipinski definition) is 3. The van der Waals surface area contributed by atoms with Crippen LogP contribution in [0.25, 0.3) is 0 Å². The summed E-state index contributed by atoms with van der Waals surface area (Å²) in [6, 6.07) is 9.17. The van der Waals surface area contributed by atoms with Crippen LogP contribution in [-0.2, 0) is 4.74 Å². The van der Waals surface area contributed by atoms with Crippen LogP contribution in [0.15, 0.2) is 28.7 Å². The molecule has 0 saturated heterocycles. The first-order valence-corrected chi connectivity index (χ1v) is 9.00. The molecule has 1 atom stereocenters. The van der Waals surface area contributed by atoms with Crippen LogP contribution in [0.3, 0.4) is 0 Å². The molecule has 0 aliphatic heterocycles. The van der Waals surface area contributed by atoms with E-state index in [1.165, 1.54) is 5.56 Å². The smallest absolute Gasteiger partial charge is 0.407 e. The van der Waals surface area contributed by atoms with Crippen molar-refractivity contribution < 1.29 is 9.53 Å². The van der Waals surface area contributed by atoms with Crippen molar-refractivity contribution in [3.05, 3.63) is 34.3 Å². The van der Waals surface area contributed by atoms with Gasteiger partial charge in [-0.15, -0.1) is 0 Å². The van der Waals surface area contributed by atoms with Gasteiger partial charge in [0.05, 0.1) is 0 Å². The fraction of sp³-hybridized carbons (Fsp3) is 0.611. The molecule has 1 aliphatic rings. The van der Waals surface area contributed by atoms with Crippen LogP contribution in [0, 0.1) is 0 Å². The number of alkyl carbamates (subject to hydrolysis) is 1. The first-order chi connectivity index (χ1) is 10.7. The molecular formula is C18H27BrN2O2. The average molecular weight is 383 g/mol. The monoisotopic (exact) mass is 382 g/mol. The normalized spacial score (nSPS) is 22.1. The number of carbonyl (C=O) groups is 1. The van der Waals surface area contributed by atoms with Gasteiger partial charge < -0.3 is 15.4 Å². The van der Waals surface area contributed by atoms with Gasteiger partial charge in [-0.1, -0.05) is 28.1 Å². The summed E-state index contributed by atoms with van der Waals surface area (Å²) in [6.07, 6.45) is 1.95. The Morgan fingerprint density at radius 2 is 1.91 bits per heavy atom. The Morgan fingerprint density at radius 1 is 1.30 bits per heavy atom. The summed E-state index contributed by atoms with van der Waals surface area (Å²) in [5.41, 5.74) is 0.953. The minimum atomic E-state index is -0.455. The highest BCUT2D eigenvalue weighted by atomic mass is 79.9. The molecule has 1 fully saturated rings. The van der Waals surface area contributed by atoms with Crippen LogP contribution in [0.2, 0.25) is 0 Å². The van der Waals surface area contributed by atoms with E-state index in [1.54, 1.807) is 0 Å². The predicted molar refractivity (Wildman–Crippen MR) is 96.7 cm³/mol. The van der Waals surface area contributed by atoms with E-state index in [2.05, 4.69) is 50.8 Å². The van der Waals surface area contributed by atoms with Crippen LogP contribution >= 0.6 is 15.9 Å². The summed E-state index contributed by atoms with van der Waals surface area (Å²) in [7, 11) is 0. The van der Waals surface area contributed by atoms with Crippen LogP contribution in [-0.4, -0.2) is 30.3 Å². The first-order valence-electron chi connectivity index (χ1n) is 8.21. The highest BCUT2D eigenvalue weighted by Crippen LogP contribution is 2.37. The fourth-order valence-corrected chi connectivity index (χ4v) is 2.96. The third kappa shape index (κ3) is 6.15. The van der Waals surface area contributed by atoms with Gasteiger partial charge in [-0.3, -0.25) is 0 Å². The molecule has 0 radical (unpaired) electrons. The molecule has 23 heavy (non-hydrogen) atoms. The Bertz CT molecular complexity index is 519. The summed E-state index contributed by atoms with van der Waals surface area (Å²) < 4.78 is 6.38. The van der Waals surface area contributed by atoms with Crippen molar-refractivity contribution in [3.63, 3.8) is 0 Å². The highest BCUT2D eigenvalue weighted by molar-refractivity contribution is 9.10. The molecule has 2 N–H and O–H groups in total. The lowest BCUT2D eigenvalue weighted by molar-refractivity contribution is 0.0506. The summed E-state index contributed by atoms with van der Waals surface area (Å²) in [5.74, 6) is 0.648. The Labute approximate surface area is 147 Å². The van der Waals surface area contributed by atoms with E-state index in [0.717, 1.165) is 23.9 Å². The zero-order chi connectivity index (χ0) is 17.0. The van der Waals surface area contributed by atoms with E-state index in [4.69, 9.17) is 4.74 Å². The quantitative estimate of drug-likeness (QED) is 0.801. The molecule has 1 aromatic carbocycles. The van der Waals surface area contributed by atoms with Crippen molar-refractivity contribution in [1.29, 1.82) is 0 Å². The molecule has 0 aromatic heterocycles. The second kappa shape index (κ2) is 7.67.